The van der Waals surface area contributed by atoms with Gasteiger partial charge in [-0.15, -0.1) is 0 Å². The third-order valence-electron chi connectivity index (χ3n) is 3.81. The highest BCUT2D eigenvalue weighted by Crippen LogP contribution is 2.37. The second-order valence-electron chi connectivity index (χ2n) is 5.62. The van der Waals surface area contributed by atoms with E-state index in [9.17, 15) is 14.4 Å². The number of ether oxygens (including phenoxy) is 3. The second kappa shape index (κ2) is 8.71. The summed E-state index contributed by atoms with van der Waals surface area (Å²) in [6.07, 6.45) is 1.15. The van der Waals surface area contributed by atoms with Gasteiger partial charge in [0.05, 0.1) is 31.4 Å². The molecule has 0 aromatic heterocycles. The molecule has 1 aromatic rings. The predicted molar refractivity (Wildman–Crippen MR) is 89.8 cm³/mol. The maximum absolute atomic E-state index is 11.8. The van der Waals surface area contributed by atoms with Gasteiger partial charge >= 0.3 is 11.9 Å². The number of methoxy groups -OCH3 is 2. The Labute approximate surface area is 150 Å². The Kier molecular flexibility index (Phi) is 6.64. The van der Waals surface area contributed by atoms with Gasteiger partial charge in [-0.05, 0) is 18.6 Å². The van der Waals surface area contributed by atoms with E-state index in [0.29, 0.717) is 35.7 Å². The molecular formula is C17H20ClNO6. The summed E-state index contributed by atoms with van der Waals surface area (Å²) in [6, 6.07) is 3.19. The van der Waals surface area contributed by atoms with E-state index in [0.717, 1.165) is 5.56 Å². The molecule has 1 amide bonds. The highest BCUT2D eigenvalue weighted by molar-refractivity contribution is 6.32. The summed E-state index contributed by atoms with van der Waals surface area (Å²) < 4.78 is 15.0. The molecule has 0 saturated carbocycles. The number of hydrogen-bond donors (Lipinski definition) is 1. The van der Waals surface area contributed by atoms with Gasteiger partial charge in [-0.2, -0.15) is 0 Å². The van der Waals surface area contributed by atoms with Crippen LogP contribution in [0.25, 0.3) is 0 Å². The van der Waals surface area contributed by atoms with E-state index in [-0.39, 0.29) is 30.8 Å². The van der Waals surface area contributed by atoms with Crippen LogP contribution in [-0.2, 0) is 25.5 Å². The van der Waals surface area contributed by atoms with Crippen LogP contribution >= 0.6 is 11.6 Å². The van der Waals surface area contributed by atoms with E-state index in [1.807, 2.05) is 0 Å². The van der Waals surface area contributed by atoms with E-state index < -0.39 is 5.97 Å². The summed E-state index contributed by atoms with van der Waals surface area (Å²) in [5, 5.41) is 3.11. The molecule has 1 N–H and O–H groups in total. The Bertz CT molecular complexity index is 675. The first kappa shape index (κ1) is 19.1. The van der Waals surface area contributed by atoms with Crippen LogP contribution in [0.4, 0.5) is 0 Å². The first-order valence-electron chi connectivity index (χ1n) is 7.85. The van der Waals surface area contributed by atoms with E-state index in [2.05, 4.69) is 10.1 Å². The first-order chi connectivity index (χ1) is 11.9. The molecule has 0 saturated heterocycles. The van der Waals surface area contributed by atoms with Gasteiger partial charge in [-0.3, -0.25) is 9.59 Å². The van der Waals surface area contributed by atoms with Crippen molar-refractivity contribution in [3.8, 4) is 5.75 Å². The number of fused-ring (bicyclic) bond motifs is 1. The summed E-state index contributed by atoms with van der Waals surface area (Å²) in [6.45, 7) is 0.315. The van der Waals surface area contributed by atoms with Crippen LogP contribution in [0, 0.1) is 0 Å². The quantitative estimate of drug-likeness (QED) is 0.738. The smallest absolute Gasteiger partial charge is 0.337 e. The standard InChI is InChI=1S/C17H20ClNO6/c1-23-15(21)5-3-4-14(20)19-9-12-7-10-6-11(17(22)24-2)8-13(18)16(10)25-12/h6,8,12H,3-5,7,9H2,1-2H3,(H,19,20)/t12-/m0/s1. The van der Waals surface area contributed by atoms with Gasteiger partial charge in [0.2, 0.25) is 5.91 Å². The lowest BCUT2D eigenvalue weighted by Gasteiger charge is -2.12. The van der Waals surface area contributed by atoms with Gasteiger partial charge in [0.15, 0.2) is 0 Å². The number of rotatable bonds is 7. The fourth-order valence-electron chi connectivity index (χ4n) is 2.55. The van der Waals surface area contributed by atoms with Gasteiger partial charge < -0.3 is 19.5 Å². The molecule has 136 valence electrons. The number of carbonyl (C=O) groups excluding carboxylic acids is 3. The molecule has 1 aliphatic heterocycles. The van der Waals surface area contributed by atoms with Crippen LogP contribution < -0.4 is 10.1 Å². The Balaban J connectivity index is 1.84. The average Bonchev–Trinajstić information content (AvgIpc) is 3.02. The molecular weight excluding hydrogens is 350 g/mol. The number of benzene rings is 1. The number of hydrogen-bond acceptors (Lipinski definition) is 6. The summed E-state index contributed by atoms with van der Waals surface area (Å²) in [7, 11) is 2.62. The van der Waals surface area contributed by atoms with Crippen molar-refractivity contribution in [2.75, 3.05) is 20.8 Å². The topological polar surface area (TPSA) is 90.9 Å². The SMILES string of the molecule is COC(=O)CCCC(=O)NC[C@@H]1Cc2cc(C(=O)OC)cc(Cl)c2O1. The van der Waals surface area contributed by atoms with E-state index in [1.54, 1.807) is 6.07 Å². The van der Waals surface area contributed by atoms with Gasteiger partial charge in [0.25, 0.3) is 0 Å². The van der Waals surface area contributed by atoms with Crippen LogP contribution in [0.5, 0.6) is 5.75 Å². The number of carbonyl (C=O) groups is 3. The third kappa shape index (κ3) is 5.09. The lowest BCUT2D eigenvalue weighted by Crippen LogP contribution is -2.34. The minimum atomic E-state index is -0.466. The number of halogens is 1. The highest BCUT2D eigenvalue weighted by Gasteiger charge is 2.27. The monoisotopic (exact) mass is 369 g/mol. The molecule has 2 rings (SSSR count). The zero-order valence-corrected chi connectivity index (χ0v) is 14.9. The second-order valence-corrected chi connectivity index (χ2v) is 6.02. The minimum Gasteiger partial charge on any atom is -0.486 e. The van der Waals surface area contributed by atoms with Crippen LogP contribution in [0.2, 0.25) is 5.02 Å². The van der Waals surface area contributed by atoms with Gasteiger partial charge in [0, 0.05) is 24.8 Å². The van der Waals surface area contributed by atoms with E-state index >= 15 is 0 Å². The lowest BCUT2D eigenvalue weighted by atomic mass is 10.1. The van der Waals surface area contributed by atoms with Crippen LogP contribution in [0.3, 0.4) is 0 Å². The highest BCUT2D eigenvalue weighted by atomic mass is 35.5. The maximum atomic E-state index is 11.8. The van der Waals surface area contributed by atoms with Gasteiger partial charge in [-0.1, -0.05) is 11.6 Å². The van der Waals surface area contributed by atoms with Crippen molar-refractivity contribution in [2.24, 2.45) is 0 Å². The van der Waals surface area contributed by atoms with Crippen molar-refractivity contribution in [3.05, 3.63) is 28.3 Å². The normalized spacial score (nSPS) is 15.1. The fourth-order valence-corrected chi connectivity index (χ4v) is 2.83. The fraction of sp³-hybridized carbons (Fsp3) is 0.471. The molecule has 0 spiro atoms. The van der Waals surface area contributed by atoms with Crippen molar-refractivity contribution in [1.82, 2.24) is 5.32 Å². The van der Waals surface area contributed by atoms with Crippen molar-refractivity contribution < 1.29 is 28.6 Å². The average molecular weight is 370 g/mol. The molecule has 0 fully saturated rings. The van der Waals surface area contributed by atoms with Crippen molar-refractivity contribution in [2.45, 2.75) is 31.8 Å². The molecule has 7 nitrogen and oxygen atoms in total. The third-order valence-corrected chi connectivity index (χ3v) is 4.09. The molecule has 1 aliphatic rings. The molecule has 0 radical (unpaired) electrons. The Hall–Kier alpha value is -2.28. The van der Waals surface area contributed by atoms with Crippen LogP contribution in [-0.4, -0.2) is 44.7 Å². The molecule has 25 heavy (non-hydrogen) atoms. The molecule has 0 bridgehead atoms. The first-order valence-corrected chi connectivity index (χ1v) is 8.23. The van der Waals surface area contributed by atoms with Crippen molar-refractivity contribution in [1.29, 1.82) is 0 Å². The number of amides is 1. The largest absolute Gasteiger partial charge is 0.486 e. The van der Waals surface area contributed by atoms with Crippen molar-refractivity contribution in [3.63, 3.8) is 0 Å². The van der Waals surface area contributed by atoms with E-state index in [4.69, 9.17) is 21.1 Å². The molecule has 1 atom stereocenters. The summed E-state index contributed by atoms with van der Waals surface area (Å²) in [5.74, 6) is -0.436. The summed E-state index contributed by atoms with van der Waals surface area (Å²) in [4.78, 5) is 34.4. The Morgan fingerprint density at radius 2 is 2.00 bits per heavy atom. The Morgan fingerprint density at radius 1 is 1.24 bits per heavy atom. The molecule has 1 heterocycles. The Morgan fingerprint density at radius 3 is 2.68 bits per heavy atom. The number of esters is 2. The molecule has 8 heteroatoms. The van der Waals surface area contributed by atoms with Gasteiger partial charge in [-0.25, -0.2) is 4.79 Å². The zero-order valence-electron chi connectivity index (χ0n) is 14.1. The lowest BCUT2D eigenvalue weighted by molar-refractivity contribution is -0.140. The molecule has 0 aliphatic carbocycles. The van der Waals surface area contributed by atoms with Gasteiger partial charge in [0.1, 0.15) is 11.9 Å². The maximum Gasteiger partial charge on any atom is 0.337 e. The zero-order chi connectivity index (χ0) is 18.4. The predicted octanol–water partition coefficient (Wildman–Crippen LogP) is 1.89. The molecule has 1 aromatic carbocycles. The van der Waals surface area contributed by atoms with Crippen LogP contribution in [0.1, 0.15) is 35.2 Å². The van der Waals surface area contributed by atoms with Crippen LogP contribution in [0.15, 0.2) is 12.1 Å². The van der Waals surface area contributed by atoms with Crippen molar-refractivity contribution >= 4 is 29.4 Å². The summed E-state index contributed by atoms with van der Waals surface area (Å²) in [5.41, 5.74) is 1.17. The minimum absolute atomic E-state index is 0.162. The number of nitrogens with one attached hydrogen (secondary N) is 1. The van der Waals surface area contributed by atoms with E-state index in [1.165, 1.54) is 20.3 Å². The summed E-state index contributed by atoms with van der Waals surface area (Å²) >= 11 is 6.15. The molecule has 0 unspecified atom stereocenters.